The number of carbonyl (C=O) groups excluding carboxylic acids is 1. The lowest BCUT2D eigenvalue weighted by molar-refractivity contribution is -0.384. The van der Waals surface area contributed by atoms with Crippen LogP contribution in [0.25, 0.3) is 0 Å². The van der Waals surface area contributed by atoms with E-state index in [1.807, 2.05) is 0 Å². The van der Waals surface area contributed by atoms with Crippen LogP contribution in [0.5, 0.6) is 0 Å². The predicted octanol–water partition coefficient (Wildman–Crippen LogP) is 2.44. The van der Waals surface area contributed by atoms with E-state index in [-0.39, 0.29) is 23.0 Å². The summed E-state index contributed by atoms with van der Waals surface area (Å²) in [4.78, 5) is 21.7. The number of benzene rings is 1. The van der Waals surface area contributed by atoms with Gasteiger partial charge in [-0.25, -0.2) is 9.18 Å². The van der Waals surface area contributed by atoms with E-state index in [0.29, 0.717) is 0 Å². The lowest BCUT2D eigenvalue weighted by atomic mass is 10.1. The number of nitrogens with zero attached hydrogens (tertiary/aromatic N) is 1. The lowest BCUT2D eigenvalue weighted by Gasteiger charge is -2.14. The number of halogens is 1. The molecule has 0 bridgehead atoms. The maximum Gasteiger partial charge on any atom is 0.340 e. The van der Waals surface area contributed by atoms with E-state index in [1.54, 1.807) is 11.8 Å². The van der Waals surface area contributed by atoms with Crippen molar-refractivity contribution in [2.24, 2.45) is 0 Å². The maximum atomic E-state index is 13.7. The molecular weight excluding hydrogens is 287 g/mol. The second-order valence-corrected chi connectivity index (χ2v) is 5.45. The van der Waals surface area contributed by atoms with Crippen LogP contribution < -0.4 is 5.32 Å². The SMILES string of the molecule is COC(=O)c1cc(NC2CCSC2)c([N+](=O)[O-])cc1F. The number of nitrogens with one attached hydrogen (secondary N) is 1. The van der Waals surface area contributed by atoms with Crippen molar-refractivity contribution in [2.45, 2.75) is 12.5 Å². The minimum absolute atomic E-state index is 0.0784. The molecule has 0 spiro atoms. The highest BCUT2D eigenvalue weighted by atomic mass is 32.2. The maximum absolute atomic E-state index is 13.7. The normalized spacial score (nSPS) is 17.8. The summed E-state index contributed by atoms with van der Waals surface area (Å²) in [6.45, 7) is 0. The Labute approximate surface area is 118 Å². The Bertz CT molecular complexity index is 547. The Balaban J connectivity index is 2.39. The zero-order valence-electron chi connectivity index (χ0n) is 10.7. The van der Waals surface area contributed by atoms with Crippen molar-refractivity contribution in [2.75, 3.05) is 23.9 Å². The van der Waals surface area contributed by atoms with Crippen molar-refractivity contribution in [3.8, 4) is 0 Å². The third-order valence-corrected chi connectivity index (χ3v) is 4.14. The molecule has 0 amide bonds. The van der Waals surface area contributed by atoms with Gasteiger partial charge < -0.3 is 10.1 Å². The molecule has 0 saturated carbocycles. The number of nitro benzene ring substituents is 1. The summed E-state index contributed by atoms with van der Waals surface area (Å²) in [7, 11) is 1.13. The zero-order chi connectivity index (χ0) is 14.7. The highest BCUT2D eigenvalue weighted by Gasteiger charge is 2.25. The number of anilines is 1. The summed E-state index contributed by atoms with van der Waals surface area (Å²) in [5.41, 5.74) is -0.553. The fourth-order valence-electron chi connectivity index (χ4n) is 1.96. The molecule has 0 aromatic heterocycles. The molecule has 1 heterocycles. The number of ether oxygens (including phenoxy) is 1. The Morgan fingerprint density at radius 3 is 2.90 bits per heavy atom. The molecule has 1 saturated heterocycles. The van der Waals surface area contributed by atoms with Gasteiger partial charge in [-0.15, -0.1) is 0 Å². The molecule has 1 aromatic rings. The number of hydrogen-bond acceptors (Lipinski definition) is 6. The minimum atomic E-state index is -0.963. The van der Waals surface area contributed by atoms with Crippen molar-refractivity contribution in [3.63, 3.8) is 0 Å². The van der Waals surface area contributed by atoms with Crippen LogP contribution in [0.4, 0.5) is 15.8 Å². The van der Waals surface area contributed by atoms with Gasteiger partial charge in [0.1, 0.15) is 11.5 Å². The summed E-state index contributed by atoms with van der Waals surface area (Å²) >= 11 is 1.74. The van der Waals surface area contributed by atoms with Gasteiger partial charge in [-0.2, -0.15) is 11.8 Å². The molecule has 20 heavy (non-hydrogen) atoms. The molecule has 1 aliphatic rings. The van der Waals surface area contributed by atoms with Gasteiger partial charge in [-0.3, -0.25) is 10.1 Å². The van der Waals surface area contributed by atoms with Crippen LogP contribution >= 0.6 is 11.8 Å². The van der Waals surface area contributed by atoms with E-state index in [4.69, 9.17) is 0 Å². The Morgan fingerprint density at radius 2 is 2.35 bits per heavy atom. The molecule has 1 unspecified atom stereocenters. The number of nitro groups is 1. The largest absolute Gasteiger partial charge is 0.465 e. The summed E-state index contributed by atoms with van der Waals surface area (Å²) < 4.78 is 18.2. The van der Waals surface area contributed by atoms with E-state index in [0.717, 1.165) is 37.2 Å². The fraction of sp³-hybridized carbons (Fsp3) is 0.417. The van der Waals surface area contributed by atoms with Gasteiger partial charge in [-0.05, 0) is 18.2 Å². The first kappa shape index (κ1) is 14.6. The first-order chi connectivity index (χ1) is 9.52. The summed E-state index contributed by atoms with van der Waals surface area (Å²) in [5.74, 6) is -0.0327. The average Bonchev–Trinajstić information content (AvgIpc) is 2.92. The van der Waals surface area contributed by atoms with Crippen LogP contribution in [-0.4, -0.2) is 35.5 Å². The molecule has 1 fully saturated rings. The van der Waals surface area contributed by atoms with Crippen molar-refractivity contribution in [1.82, 2.24) is 0 Å². The second kappa shape index (κ2) is 6.08. The van der Waals surface area contributed by atoms with Crippen molar-refractivity contribution >= 4 is 29.1 Å². The molecule has 1 N–H and O–H groups in total. The minimum Gasteiger partial charge on any atom is -0.465 e. The zero-order valence-corrected chi connectivity index (χ0v) is 11.5. The quantitative estimate of drug-likeness (QED) is 0.522. The molecule has 1 aliphatic heterocycles. The Morgan fingerprint density at radius 1 is 1.60 bits per heavy atom. The van der Waals surface area contributed by atoms with Gasteiger partial charge in [0.25, 0.3) is 5.69 Å². The average molecular weight is 300 g/mol. The van der Waals surface area contributed by atoms with Gasteiger partial charge in [-0.1, -0.05) is 0 Å². The molecule has 0 aliphatic carbocycles. The predicted molar refractivity (Wildman–Crippen MR) is 73.7 cm³/mol. The van der Waals surface area contributed by atoms with Crippen LogP contribution in [0.3, 0.4) is 0 Å². The molecule has 6 nitrogen and oxygen atoms in total. The third kappa shape index (κ3) is 3.01. The first-order valence-corrected chi connectivity index (χ1v) is 7.09. The van der Waals surface area contributed by atoms with Crippen LogP contribution in [0.2, 0.25) is 0 Å². The van der Waals surface area contributed by atoms with E-state index in [2.05, 4.69) is 10.1 Å². The number of hydrogen-bond donors (Lipinski definition) is 1. The number of carbonyl (C=O) groups is 1. The number of methoxy groups -OCH3 is 1. The summed E-state index contributed by atoms with van der Waals surface area (Å²) in [6, 6.07) is 1.97. The van der Waals surface area contributed by atoms with E-state index in [9.17, 15) is 19.3 Å². The molecule has 8 heteroatoms. The van der Waals surface area contributed by atoms with Gasteiger partial charge in [0, 0.05) is 11.8 Å². The van der Waals surface area contributed by atoms with E-state index >= 15 is 0 Å². The monoisotopic (exact) mass is 300 g/mol. The van der Waals surface area contributed by atoms with Crippen molar-refractivity contribution in [1.29, 1.82) is 0 Å². The third-order valence-electron chi connectivity index (χ3n) is 2.98. The molecule has 2 rings (SSSR count). The van der Waals surface area contributed by atoms with Crippen molar-refractivity contribution < 1.29 is 18.8 Å². The number of rotatable bonds is 4. The Kier molecular flexibility index (Phi) is 4.43. The van der Waals surface area contributed by atoms with Crippen LogP contribution in [0.1, 0.15) is 16.8 Å². The Hall–Kier alpha value is -1.83. The highest BCUT2D eigenvalue weighted by molar-refractivity contribution is 7.99. The fourth-order valence-corrected chi connectivity index (χ4v) is 3.12. The van der Waals surface area contributed by atoms with Crippen LogP contribution in [0.15, 0.2) is 12.1 Å². The molecular formula is C12H13FN2O4S. The lowest BCUT2D eigenvalue weighted by Crippen LogP contribution is -2.19. The van der Waals surface area contributed by atoms with Gasteiger partial charge in [0.05, 0.1) is 23.7 Å². The summed E-state index contributed by atoms with van der Waals surface area (Å²) in [5, 5.41) is 14.0. The topological polar surface area (TPSA) is 81.5 Å². The number of thioether (sulfide) groups is 1. The van der Waals surface area contributed by atoms with E-state index in [1.165, 1.54) is 0 Å². The van der Waals surface area contributed by atoms with Gasteiger partial charge in [0.2, 0.25) is 0 Å². The smallest absolute Gasteiger partial charge is 0.340 e. The molecule has 1 aromatic carbocycles. The second-order valence-electron chi connectivity index (χ2n) is 4.30. The molecule has 0 radical (unpaired) electrons. The van der Waals surface area contributed by atoms with Crippen molar-refractivity contribution in [3.05, 3.63) is 33.6 Å². The van der Waals surface area contributed by atoms with E-state index < -0.39 is 16.7 Å². The van der Waals surface area contributed by atoms with Gasteiger partial charge in [0.15, 0.2) is 0 Å². The highest BCUT2D eigenvalue weighted by Crippen LogP contribution is 2.31. The number of esters is 1. The molecule has 1 atom stereocenters. The standard InChI is InChI=1S/C12H13FN2O4S/c1-19-12(16)8-4-10(14-7-2-3-20-6-7)11(15(17)18)5-9(8)13/h4-5,7,14H,2-3,6H2,1H3. The summed E-state index contributed by atoms with van der Waals surface area (Å²) in [6.07, 6.45) is 0.868. The molecule has 108 valence electrons. The van der Waals surface area contributed by atoms with Gasteiger partial charge >= 0.3 is 5.97 Å². The van der Waals surface area contributed by atoms with Crippen LogP contribution in [-0.2, 0) is 4.74 Å². The van der Waals surface area contributed by atoms with Crippen LogP contribution in [0, 0.1) is 15.9 Å². The first-order valence-electron chi connectivity index (χ1n) is 5.93.